The summed E-state index contributed by atoms with van der Waals surface area (Å²) in [6.07, 6.45) is 0. The van der Waals surface area contributed by atoms with E-state index in [1.165, 1.54) is 0 Å². The minimum Gasteiger partial charge on any atom is -0.375 e. The molecular weight excluding hydrogens is 238 g/mol. The van der Waals surface area contributed by atoms with Crippen LogP contribution in [0.15, 0.2) is 36.4 Å². The number of carbonyl (C=O) groups is 1. The van der Waals surface area contributed by atoms with Crippen LogP contribution >= 0.6 is 11.6 Å². The molecule has 3 nitrogen and oxygen atoms in total. The molecule has 0 unspecified atom stereocenters. The fourth-order valence-corrected chi connectivity index (χ4v) is 1.41. The molecule has 0 aromatic heterocycles. The highest BCUT2D eigenvalue weighted by atomic mass is 35.5. The molecule has 0 aliphatic heterocycles. The monoisotopic (exact) mass is 253 g/mol. The molecule has 92 valence electrons. The zero-order chi connectivity index (χ0) is 12.7. The van der Waals surface area contributed by atoms with Gasteiger partial charge in [0.05, 0.1) is 13.2 Å². The molecule has 0 aliphatic carbocycles. The van der Waals surface area contributed by atoms with Crippen molar-refractivity contribution in [1.82, 2.24) is 5.32 Å². The lowest BCUT2D eigenvalue weighted by Gasteiger charge is -2.06. The summed E-state index contributed by atoms with van der Waals surface area (Å²) in [5.74, 6) is -0.147. The van der Waals surface area contributed by atoms with Gasteiger partial charge < -0.3 is 10.1 Å². The third-order valence-electron chi connectivity index (χ3n) is 1.97. The number of nitrogens with one attached hydrogen (secondary N) is 1. The van der Waals surface area contributed by atoms with E-state index in [0.29, 0.717) is 30.3 Å². The maximum absolute atomic E-state index is 11.7. The Morgan fingerprint density at radius 3 is 2.94 bits per heavy atom. The van der Waals surface area contributed by atoms with Gasteiger partial charge in [-0.25, -0.2) is 0 Å². The zero-order valence-corrected chi connectivity index (χ0v) is 10.6. The molecule has 0 saturated heterocycles. The standard InChI is InChI=1S/C13H16ClNO2/c1-10(2)9-17-7-6-15-13(16)11-4-3-5-12(14)8-11/h3-5,8H,1,6-7,9H2,2H3,(H,15,16). The van der Waals surface area contributed by atoms with Gasteiger partial charge in [0, 0.05) is 17.1 Å². The van der Waals surface area contributed by atoms with Gasteiger partial charge in [-0.3, -0.25) is 4.79 Å². The zero-order valence-electron chi connectivity index (χ0n) is 9.83. The summed E-state index contributed by atoms with van der Waals surface area (Å²) in [6, 6.07) is 6.82. The van der Waals surface area contributed by atoms with Gasteiger partial charge in [-0.15, -0.1) is 0 Å². The van der Waals surface area contributed by atoms with E-state index < -0.39 is 0 Å². The first-order chi connectivity index (χ1) is 8.09. The van der Waals surface area contributed by atoms with E-state index in [0.717, 1.165) is 5.57 Å². The predicted molar refractivity (Wildman–Crippen MR) is 69.4 cm³/mol. The van der Waals surface area contributed by atoms with Gasteiger partial charge in [-0.1, -0.05) is 29.8 Å². The number of benzene rings is 1. The molecule has 0 saturated carbocycles. The largest absolute Gasteiger partial charge is 0.375 e. The van der Waals surface area contributed by atoms with Crippen molar-refractivity contribution in [3.8, 4) is 0 Å². The first-order valence-corrected chi connectivity index (χ1v) is 5.73. The molecular formula is C13H16ClNO2. The van der Waals surface area contributed by atoms with Crippen molar-refractivity contribution in [2.24, 2.45) is 0 Å². The van der Waals surface area contributed by atoms with Crippen LogP contribution in [0.25, 0.3) is 0 Å². The Morgan fingerprint density at radius 1 is 1.53 bits per heavy atom. The van der Waals surface area contributed by atoms with Crippen molar-refractivity contribution in [2.75, 3.05) is 19.8 Å². The molecule has 0 fully saturated rings. The smallest absolute Gasteiger partial charge is 0.251 e. The Labute approximate surface area is 106 Å². The molecule has 0 radical (unpaired) electrons. The highest BCUT2D eigenvalue weighted by Crippen LogP contribution is 2.10. The number of rotatable bonds is 6. The summed E-state index contributed by atoms with van der Waals surface area (Å²) < 4.78 is 5.26. The molecule has 1 N–H and O–H groups in total. The van der Waals surface area contributed by atoms with E-state index in [1.54, 1.807) is 24.3 Å². The molecule has 0 atom stereocenters. The predicted octanol–water partition coefficient (Wildman–Crippen LogP) is 2.66. The quantitative estimate of drug-likeness (QED) is 0.625. The molecule has 0 aliphatic rings. The number of carbonyl (C=O) groups excluding carboxylic acids is 1. The summed E-state index contributed by atoms with van der Waals surface area (Å²) in [5, 5.41) is 3.30. The highest BCUT2D eigenvalue weighted by molar-refractivity contribution is 6.30. The normalized spacial score (nSPS) is 10.0. The van der Waals surface area contributed by atoms with Crippen molar-refractivity contribution in [1.29, 1.82) is 0 Å². The fraction of sp³-hybridized carbons (Fsp3) is 0.308. The van der Waals surface area contributed by atoms with Crippen LogP contribution in [0.5, 0.6) is 0 Å². The number of halogens is 1. The van der Waals surface area contributed by atoms with Gasteiger partial charge in [0.25, 0.3) is 5.91 Å². The Kier molecular flexibility index (Phi) is 5.73. The first kappa shape index (κ1) is 13.7. The minimum atomic E-state index is -0.147. The molecule has 0 bridgehead atoms. The van der Waals surface area contributed by atoms with Gasteiger partial charge in [0.2, 0.25) is 0 Å². The first-order valence-electron chi connectivity index (χ1n) is 5.35. The van der Waals surface area contributed by atoms with Crippen molar-refractivity contribution in [3.05, 3.63) is 47.0 Å². The second kappa shape index (κ2) is 7.09. The molecule has 1 rings (SSSR count). The number of ether oxygens (including phenoxy) is 1. The number of hydrogen-bond acceptors (Lipinski definition) is 2. The Morgan fingerprint density at radius 2 is 2.29 bits per heavy atom. The molecule has 4 heteroatoms. The SMILES string of the molecule is C=C(C)COCCNC(=O)c1cccc(Cl)c1. The maximum Gasteiger partial charge on any atom is 0.251 e. The molecule has 1 aromatic carbocycles. The van der Waals surface area contributed by atoms with Crippen LogP contribution in [0.4, 0.5) is 0 Å². The lowest BCUT2D eigenvalue weighted by molar-refractivity contribution is 0.0927. The van der Waals surface area contributed by atoms with Crippen LogP contribution in [0, 0.1) is 0 Å². The van der Waals surface area contributed by atoms with Crippen LogP contribution in [0.3, 0.4) is 0 Å². The topological polar surface area (TPSA) is 38.3 Å². The van der Waals surface area contributed by atoms with E-state index in [-0.39, 0.29) is 5.91 Å². The second-order valence-corrected chi connectivity index (χ2v) is 4.21. The van der Waals surface area contributed by atoms with Gasteiger partial charge in [0.1, 0.15) is 0 Å². The lowest BCUT2D eigenvalue weighted by Crippen LogP contribution is -2.27. The minimum absolute atomic E-state index is 0.147. The van der Waals surface area contributed by atoms with Crippen LogP contribution in [-0.4, -0.2) is 25.7 Å². The van der Waals surface area contributed by atoms with Crippen molar-refractivity contribution < 1.29 is 9.53 Å². The lowest BCUT2D eigenvalue weighted by atomic mass is 10.2. The van der Waals surface area contributed by atoms with Gasteiger partial charge >= 0.3 is 0 Å². The average molecular weight is 254 g/mol. The van der Waals surface area contributed by atoms with E-state index in [9.17, 15) is 4.79 Å². The maximum atomic E-state index is 11.7. The van der Waals surface area contributed by atoms with Gasteiger partial charge in [0.15, 0.2) is 0 Å². The number of amides is 1. The van der Waals surface area contributed by atoms with Gasteiger partial charge in [-0.05, 0) is 25.1 Å². The molecule has 0 heterocycles. The average Bonchev–Trinajstić information content (AvgIpc) is 2.28. The van der Waals surface area contributed by atoms with Crippen molar-refractivity contribution in [2.45, 2.75) is 6.92 Å². The summed E-state index contributed by atoms with van der Waals surface area (Å²) in [7, 11) is 0. The van der Waals surface area contributed by atoms with Crippen LogP contribution in [-0.2, 0) is 4.74 Å². The van der Waals surface area contributed by atoms with Gasteiger partial charge in [-0.2, -0.15) is 0 Å². The molecule has 0 spiro atoms. The van der Waals surface area contributed by atoms with Crippen LogP contribution < -0.4 is 5.32 Å². The summed E-state index contributed by atoms with van der Waals surface area (Å²) >= 11 is 5.79. The fourth-order valence-electron chi connectivity index (χ4n) is 1.21. The van der Waals surface area contributed by atoms with Crippen LogP contribution in [0.1, 0.15) is 17.3 Å². The highest BCUT2D eigenvalue weighted by Gasteiger charge is 2.04. The Balaban J connectivity index is 2.28. The Hall–Kier alpha value is -1.32. The van der Waals surface area contributed by atoms with E-state index in [2.05, 4.69) is 11.9 Å². The Bertz CT molecular complexity index is 404. The number of hydrogen-bond donors (Lipinski definition) is 1. The summed E-state index contributed by atoms with van der Waals surface area (Å²) in [6.45, 7) is 7.07. The van der Waals surface area contributed by atoms with Crippen molar-refractivity contribution >= 4 is 17.5 Å². The second-order valence-electron chi connectivity index (χ2n) is 3.78. The molecule has 1 aromatic rings. The molecule has 17 heavy (non-hydrogen) atoms. The molecule has 1 amide bonds. The third-order valence-corrected chi connectivity index (χ3v) is 2.20. The van der Waals surface area contributed by atoms with Crippen LogP contribution in [0.2, 0.25) is 5.02 Å². The van der Waals surface area contributed by atoms with E-state index >= 15 is 0 Å². The van der Waals surface area contributed by atoms with E-state index in [4.69, 9.17) is 16.3 Å². The van der Waals surface area contributed by atoms with Crippen molar-refractivity contribution in [3.63, 3.8) is 0 Å². The summed E-state index contributed by atoms with van der Waals surface area (Å²) in [4.78, 5) is 11.7. The summed E-state index contributed by atoms with van der Waals surface area (Å²) in [5.41, 5.74) is 1.52. The van der Waals surface area contributed by atoms with E-state index in [1.807, 2.05) is 6.92 Å². The third kappa shape index (κ3) is 5.52.